The Labute approximate surface area is 215 Å². The molecule has 3 aromatic heterocycles. The smallest absolute Gasteiger partial charge is 0.412 e. The van der Waals surface area contributed by atoms with Crippen molar-refractivity contribution in [1.82, 2.24) is 20.3 Å². The van der Waals surface area contributed by atoms with E-state index in [2.05, 4.69) is 15.2 Å². The predicted octanol–water partition coefficient (Wildman–Crippen LogP) is 3.70. The first-order valence-electron chi connectivity index (χ1n) is 11.6. The molecule has 1 aromatic carbocycles. The molecule has 10 nitrogen and oxygen atoms in total. The van der Waals surface area contributed by atoms with Crippen molar-refractivity contribution in [3.8, 4) is 17.1 Å². The molecule has 0 atom stereocenters. The lowest BCUT2D eigenvalue weighted by molar-refractivity contribution is 0.122. The van der Waals surface area contributed by atoms with E-state index >= 15 is 0 Å². The summed E-state index contributed by atoms with van der Waals surface area (Å²) >= 11 is 0. The van der Waals surface area contributed by atoms with E-state index in [1.54, 1.807) is 39.9 Å². The zero-order valence-corrected chi connectivity index (χ0v) is 21.1. The zero-order chi connectivity index (χ0) is 24.7. The first kappa shape index (κ1) is 24.6. The minimum Gasteiger partial charge on any atom is -0.432 e. The molecule has 0 aliphatic carbocycles. The third kappa shape index (κ3) is 5.67. The Morgan fingerprint density at radius 2 is 2.00 bits per heavy atom. The van der Waals surface area contributed by atoms with Gasteiger partial charge in [0.05, 0.1) is 18.6 Å². The largest absolute Gasteiger partial charge is 0.432 e. The molecule has 1 aliphatic heterocycles. The van der Waals surface area contributed by atoms with Crippen LogP contribution in [0.5, 0.6) is 5.75 Å². The highest BCUT2D eigenvalue weighted by Gasteiger charge is 2.23. The number of amides is 1. The maximum absolute atomic E-state index is 12.3. The third-order valence-corrected chi connectivity index (χ3v) is 7.87. The molecule has 4 heterocycles. The molecule has 4 aromatic rings. The normalized spacial score (nSPS) is 13.9. The van der Waals surface area contributed by atoms with Gasteiger partial charge in [0, 0.05) is 49.4 Å². The van der Waals surface area contributed by atoms with Gasteiger partial charge in [-0.3, -0.25) is 0 Å². The summed E-state index contributed by atoms with van der Waals surface area (Å²) in [4.78, 5) is 28.4. The summed E-state index contributed by atoms with van der Waals surface area (Å²) in [6.07, 6.45) is 1.19. The van der Waals surface area contributed by atoms with Gasteiger partial charge >= 0.3 is 6.09 Å². The van der Waals surface area contributed by atoms with Crippen LogP contribution in [0.4, 0.5) is 10.6 Å². The van der Waals surface area contributed by atoms with Crippen LogP contribution in [0.15, 0.2) is 47.0 Å². The summed E-state index contributed by atoms with van der Waals surface area (Å²) in [7, 11) is 3.35. The molecule has 5 rings (SSSR count). The van der Waals surface area contributed by atoms with E-state index in [-0.39, 0.29) is 0 Å². The van der Waals surface area contributed by atoms with Gasteiger partial charge in [0.15, 0.2) is 17.2 Å². The third-order valence-electron chi connectivity index (χ3n) is 5.43. The lowest BCUT2D eigenvalue weighted by atomic mass is 10.2. The number of carbonyl (C=O) groups is 1. The number of fused-ring (bicyclic) bond motifs is 3. The van der Waals surface area contributed by atoms with Crippen LogP contribution in [0.25, 0.3) is 33.6 Å². The predicted molar refractivity (Wildman–Crippen MR) is 144 cm³/mol. The van der Waals surface area contributed by atoms with E-state index < -0.39 is 6.09 Å². The number of rotatable bonds is 9. The molecular formula is C24H26N6O4S2. The van der Waals surface area contributed by atoms with Crippen molar-refractivity contribution in [3.05, 3.63) is 42.6 Å². The Balaban J connectivity index is 1.39. The van der Waals surface area contributed by atoms with Crippen LogP contribution in [0.1, 0.15) is 0 Å². The molecule has 188 valence electrons. The van der Waals surface area contributed by atoms with E-state index in [0.29, 0.717) is 73.6 Å². The Bertz CT molecular complexity index is 1340. The Kier molecular flexibility index (Phi) is 8.06. The maximum atomic E-state index is 12.3. The molecule has 0 bridgehead atoms. The molecule has 0 spiro atoms. The second-order valence-electron chi connectivity index (χ2n) is 7.88. The fraction of sp³-hybridized carbons (Fsp3) is 0.333. The molecule has 0 unspecified atom stereocenters. The van der Waals surface area contributed by atoms with Gasteiger partial charge in [0.1, 0.15) is 11.3 Å². The Morgan fingerprint density at radius 1 is 1.14 bits per heavy atom. The fourth-order valence-electron chi connectivity index (χ4n) is 3.79. The minimum absolute atomic E-state index is 0.408. The van der Waals surface area contributed by atoms with Crippen molar-refractivity contribution in [3.63, 3.8) is 0 Å². The van der Waals surface area contributed by atoms with Crippen LogP contribution in [0.2, 0.25) is 0 Å². The highest BCUT2D eigenvalue weighted by Crippen LogP contribution is 2.34. The monoisotopic (exact) mass is 526 g/mol. The highest BCUT2D eigenvalue weighted by molar-refractivity contribution is 8.76. The van der Waals surface area contributed by atoms with Crippen LogP contribution in [-0.4, -0.2) is 71.9 Å². The lowest BCUT2D eigenvalue weighted by Gasteiger charge is -2.27. The van der Waals surface area contributed by atoms with Crippen LogP contribution in [0.3, 0.4) is 0 Å². The van der Waals surface area contributed by atoms with Gasteiger partial charge < -0.3 is 29.8 Å². The topological polar surface area (TPSA) is 129 Å². The number of nitrogens with one attached hydrogen (secondary N) is 1. The van der Waals surface area contributed by atoms with Crippen molar-refractivity contribution >= 4 is 55.7 Å². The highest BCUT2D eigenvalue weighted by atomic mass is 33.1. The first-order valence-corrected chi connectivity index (χ1v) is 14.1. The Hall–Kier alpha value is -3.06. The molecule has 1 fully saturated rings. The first-order chi connectivity index (χ1) is 17.7. The van der Waals surface area contributed by atoms with Gasteiger partial charge in [0.25, 0.3) is 0 Å². The number of carbonyl (C=O) groups excluding carboxylic acids is 1. The summed E-state index contributed by atoms with van der Waals surface area (Å²) in [6.45, 7) is 3.77. The van der Waals surface area contributed by atoms with Crippen LogP contribution >= 0.6 is 21.6 Å². The zero-order valence-electron chi connectivity index (χ0n) is 19.5. The maximum Gasteiger partial charge on any atom is 0.412 e. The van der Waals surface area contributed by atoms with Crippen molar-refractivity contribution in [2.45, 2.75) is 0 Å². The number of nitrogens with two attached hydrogens (primary N) is 1. The van der Waals surface area contributed by atoms with Crippen molar-refractivity contribution in [2.75, 3.05) is 55.8 Å². The van der Waals surface area contributed by atoms with Gasteiger partial charge in [-0.1, -0.05) is 33.7 Å². The standard InChI is InChI=1S/C24H26N6O4S2/c25-6-13-35-36-14-8-27-24(31)33-17-4-1-3-16(15-17)21-28-19-18-5-2-7-26-23(18)34-20(19)22(29-21)30-9-11-32-12-10-30/h1-5,7,15H,6,8-14,25H2,(H,27,31). The van der Waals surface area contributed by atoms with Crippen molar-refractivity contribution < 1.29 is 18.7 Å². The van der Waals surface area contributed by atoms with Gasteiger partial charge in [-0.25, -0.2) is 19.7 Å². The second-order valence-corrected chi connectivity index (χ2v) is 10.6. The van der Waals surface area contributed by atoms with Gasteiger partial charge in [-0.2, -0.15) is 0 Å². The number of anilines is 1. The molecule has 36 heavy (non-hydrogen) atoms. The van der Waals surface area contributed by atoms with Crippen LogP contribution < -0.4 is 20.7 Å². The Morgan fingerprint density at radius 3 is 2.86 bits per heavy atom. The van der Waals surface area contributed by atoms with Crippen LogP contribution in [-0.2, 0) is 4.74 Å². The summed E-state index contributed by atoms with van der Waals surface area (Å²) in [6, 6.07) is 11.0. The quantitative estimate of drug-likeness (QED) is 0.245. The molecule has 12 heteroatoms. The average molecular weight is 527 g/mol. The number of nitrogens with zero attached hydrogens (tertiary/aromatic N) is 4. The number of ether oxygens (including phenoxy) is 2. The number of hydrogen-bond acceptors (Lipinski definition) is 11. The summed E-state index contributed by atoms with van der Waals surface area (Å²) in [5, 5.41) is 3.58. The number of benzene rings is 1. The van der Waals surface area contributed by atoms with E-state index in [9.17, 15) is 4.79 Å². The lowest BCUT2D eigenvalue weighted by Crippen LogP contribution is -2.37. The second kappa shape index (κ2) is 11.8. The summed E-state index contributed by atoms with van der Waals surface area (Å²) < 4.78 is 17.1. The van der Waals surface area contributed by atoms with E-state index in [1.807, 2.05) is 24.3 Å². The van der Waals surface area contributed by atoms with E-state index in [1.165, 1.54) is 0 Å². The number of hydrogen-bond donors (Lipinski definition) is 2. The molecule has 1 amide bonds. The molecule has 0 saturated carbocycles. The molecule has 1 saturated heterocycles. The van der Waals surface area contributed by atoms with Crippen molar-refractivity contribution in [2.24, 2.45) is 5.73 Å². The molecule has 0 radical (unpaired) electrons. The SMILES string of the molecule is NCCSSCCNC(=O)Oc1cccc(-c2nc(N3CCOCC3)c3oc4ncccc4c3n2)c1. The fourth-order valence-corrected chi connectivity index (χ4v) is 5.55. The minimum atomic E-state index is -0.506. The van der Waals surface area contributed by atoms with Crippen molar-refractivity contribution in [1.29, 1.82) is 0 Å². The van der Waals surface area contributed by atoms with Gasteiger partial charge in [-0.05, 0) is 24.3 Å². The van der Waals surface area contributed by atoms with E-state index in [0.717, 1.165) is 22.5 Å². The number of pyridine rings is 1. The summed E-state index contributed by atoms with van der Waals surface area (Å²) in [5.41, 5.74) is 8.01. The van der Waals surface area contributed by atoms with Crippen LogP contribution in [0, 0.1) is 0 Å². The number of morpholine rings is 1. The van der Waals surface area contributed by atoms with E-state index in [4.69, 9.17) is 29.6 Å². The summed E-state index contributed by atoms with van der Waals surface area (Å²) in [5.74, 6) is 3.27. The van der Waals surface area contributed by atoms with Gasteiger partial charge in [0.2, 0.25) is 5.71 Å². The molecule has 1 aliphatic rings. The number of furan rings is 1. The molecular weight excluding hydrogens is 500 g/mol. The average Bonchev–Trinajstić information content (AvgIpc) is 3.29. The number of aromatic nitrogens is 3. The molecule has 3 N–H and O–H groups in total. The van der Waals surface area contributed by atoms with Gasteiger partial charge in [-0.15, -0.1) is 0 Å².